The molecular formula is C36H30N4Si. The lowest BCUT2D eigenvalue weighted by Gasteiger charge is -2.31. The Morgan fingerprint density at radius 3 is 1.27 bits per heavy atom. The molecule has 0 amide bonds. The Labute approximate surface area is 241 Å². The lowest BCUT2D eigenvalue weighted by molar-refractivity contribution is 1.05. The van der Waals surface area contributed by atoms with Gasteiger partial charge in [0, 0.05) is 10.8 Å². The second-order valence-electron chi connectivity index (χ2n) is 10.6. The van der Waals surface area contributed by atoms with Gasteiger partial charge in [-0.05, 0) is 56.9 Å². The summed E-state index contributed by atoms with van der Waals surface area (Å²) < 4.78 is 0. The Hall–Kier alpha value is -4.74. The van der Waals surface area contributed by atoms with Gasteiger partial charge in [0.25, 0.3) is 0 Å². The lowest BCUT2D eigenvalue weighted by Crippen LogP contribution is -2.36. The first-order chi connectivity index (χ1) is 20.2. The van der Waals surface area contributed by atoms with E-state index in [1.165, 1.54) is 32.7 Å². The van der Waals surface area contributed by atoms with Crippen LogP contribution in [0.15, 0.2) is 121 Å². The van der Waals surface area contributed by atoms with Crippen LogP contribution in [0.4, 0.5) is 0 Å². The van der Waals surface area contributed by atoms with Crippen molar-refractivity contribution < 1.29 is 0 Å². The van der Waals surface area contributed by atoms with Crippen LogP contribution in [0.5, 0.6) is 0 Å². The summed E-state index contributed by atoms with van der Waals surface area (Å²) in [5.74, 6) is 0. The monoisotopic (exact) mass is 546 g/mol. The van der Waals surface area contributed by atoms with Crippen LogP contribution < -0.4 is 0 Å². The highest BCUT2D eigenvalue weighted by atomic mass is 28.3. The van der Waals surface area contributed by atoms with Gasteiger partial charge in [0.2, 0.25) is 0 Å². The summed E-state index contributed by atoms with van der Waals surface area (Å²) in [7, 11) is -2.43. The van der Waals surface area contributed by atoms with Crippen LogP contribution in [0, 0.1) is 0 Å². The quantitative estimate of drug-likeness (QED) is 0.196. The molecule has 2 aromatic heterocycles. The smallest absolute Gasteiger partial charge is 0.125 e. The van der Waals surface area contributed by atoms with Gasteiger partial charge in [-0.1, -0.05) is 123 Å². The summed E-state index contributed by atoms with van der Waals surface area (Å²) in [6.45, 7) is 4.68. The number of hydrogen-bond acceptors (Lipinski definition) is 4. The van der Waals surface area contributed by atoms with Crippen molar-refractivity contribution in [1.29, 1.82) is 0 Å². The highest BCUT2D eigenvalue weighted by Crippen LogP contribution is 2.57. The van der Waals surface area contributed by atoms with Crippen molar-refractivity contribution in [2.75, 3.05) is 0 Å². The molecule has 0 radical (unpaired) electrons. The van der Waals surface area contributed by atoms with Gasteiger partial charge in [-0.3, -0.25) is 0 Å². The molecule has 7 rings (SSSR count). The van der Waals surface area contributed by atoms with Crippen LogP contribution in [0.25, 0.3) is 43.3 Å². The maximum Gasteiger partial charge on any atom is 0.125 e. The zero-order chi connectivity index (χ0) is 27.8. The molecule has 0 spiro atoms. The molecule has 0 aliphatic carbocycles. The highest BCUT2D eigenvalue weighted by Gasteiger charge is 2.49. The van der Waals surface area contributed by atoms with E-state index in [9.17, 15) is 0 Å². The SMILES string of the molecule is CC[Si]1(CC)C(c2cc3ccccc3nn2)=C(c2ccccc2)C(c2ccccc2)=C1c1cc2ccccc2nn1. The molecule has 5 heteroatoms. The van der Waals surface area contributed by atoms with E-state index in [2.05, 4.69) is 111 Å². The van der Waals surface area contributed by atoms with E-state index < -0.39 is 8.07 Å². The maximum atomic E-state index is 4.93. The molecule has 0 fully saturated rings. The van der Waals surface area contributed by atoms with Crippen LogP contribution in [-0.4, -0.2) is 28.5 Å². The van der Waals surface area contributed by atoms with Crippen molar-refractivity contribution in [3.63, 3.8) is 0 Å². The molecule has 4 nitrogen and oxygen atoms in total. The molecule has 0 bridgehead atoms. The van der Waals surface area contributed by atoms with Crippen molar-refractivity contribution in [1.82, 2.24) is 20.4 Å². The number of aromatic nitrogens is 4. The van der Waals surface area contributed by atoms with Gasteiger partial charge in [-0.25, -0.2) is 0 Å². The van der Waals surface area contributed by atoms with Crippen LogP contribution in [0.3, 0.4) is 0 Å². The van der Waals surface area contributed by atoms with Crippen molar-refractivity contribution in [3.05, 3.63) is 144 Å². The van der Waals surface area contributed by atoms with Crippen molar-refractivity contribution in [2.24, 2.45) is 0 Å². The van der Waals surface area contributed by atoms with Gasteiger partial charge in [-0.15, -0.1) is 10.2 Å². The lowest BCUT2D eigenvalue weighted by atomic mass is 9.90. The number of benzene rings is 4. The molecular weight excluding hydrogens is 517 g/mol. The largest absolute Gasteiger partial charge is 0.151 e. The summed E-state index contributed by atoms with van der Waals surface area (Å²) in [4.78, 5) is 0. The fourth-order valence-electron chi connectivity index (χ4n) is 6.56. The van der Waals surface area contributed by atoms with E-state index in [4.69, 9.17) is 20.4 Å². The van der Waals surface area contributed by atoms with Crippen LogP contribution in [0.2, 0.25) is 12.1 Å². The molecule has 1 aliphatic rings. The van der Waals surface area contributed by atoms with Crippen LogP contribution >= 0.6 is 0 Å². The third-order valence-electron chi connectivity index (χ3n) is 8.54. The van der Waals surface area contributed by atoms with E-state index in [-0.39, 0.29) is 0 Å². The average molecular weight is 547 g/mol. The zero-order valence-corrected chi connectivity index (χ0v) is 24.3. The van der Waals surface area contributed by atoms with Crippen molar-refractivity contribution >= 4 is 51.4 Å². The summed E-state index contributed by atoms with van der Waals surface area (Å²) in [5.41, 5.74) is 8.65. The van der Waals surface area contributed by atoms with Gasteiger partial charge in [-0.2, -0.15) is 10.2 Å². The first-order valence-corrected chi connectivity index (χ1v) is 16.7. The predicted molar refractivity (Wildman–Crippen MR) is 172 cm³/mol. The Kier molecular flexibility index (Phi) is 6.37. The number of allylic oxidation sites excluding steroid dienone is 2. The Bertz CT molecular complexity index is 1820. The molecule has 1 aliphatic heterocycles. The van der Waals surface area contributed by atoms with Gasteiger partial charge < -0.3 is 0 Å². The molecule has 0 N–H and O–H groups in total. The number of rotatable bonds is 6. The van der Waals surface area contributed by atoms with Gasteiger partial charge in [0.1, 0.15) is 8.07 Å². The fraction of sp³-hybridized carbons (Fsp3) is 0.111. The standard InChI is InChI=1S/C36H30N4Si/c1-3-41(4-2)35(31-23-27-19-11-13-21-29(27)37-39-31)33(25-15-7-5-8-16-25)34(26-17-9-6-10-18-26)36(41)32-24-28-20-12-14-22-30(28)38-40-32/h5-24H,3-4H2,1-2H3. The molecule has 0 saturated heterocycles. The van der Waals surface area contributed by atoms with Crippen molar-refractivity contribution in [3.8, 4) is 0 Å². The van der Waals surface area contributed by atoms with E-state index in [0.717, 1.165) is 45.3 Å². The minimum absolute atomic E-state index is 0.910. The highest BCUT2D eigenvalue weighted by molar-refractivity contribution is 7.14. The van der Waals surface area contributed by atoms with E-state index in [0.29, 0.717) is 0 Å². The zero-order valence-electron chi connectivity index (χ0n) is 23.3. The van der Waals surface area contributed by atoms with Crippen molar-refractivity contribution in [2.45, 2.75) is 25.9 Å². The second-order valence-corrected chi connectivity index (χ2v) is 15.2. The average Bonchev–Trinajstić information content (AvgIpc) is 3.36. The third kappa shape index (κ3) is 4.12. The number of nitrogens with zero attached hydrogens (tertiary/aromatic N) is 4. The molecule has 6 aromatic rings. The maximum absolute atomic E-state index is 4.93. The fourth-order valence-corrected chi connectivity index (χ4v) is 11.4. The van der Waals surface area contributed by atoms with Gasteiger partial charge in [0.15, 0.2) is 0 Å². The summed E-state index contributed by atoms with van der Waals surface area (Å²) >= 11 is 0. The third-order valence-corrected chi connectivity index (χ3v) is 13.9. The van der Waals surface area contributed by atoms with Crippen LogP contribution in [0.1, 0.15) is 36.4 Å². The number of fused-ring (bicyclic) bond motifs is 2. The molecule has 4 aromatic carbocycles. The normalized spacial score (nSPS) is 14.8. The van der Waals surface area contributed by atoms with E-state index >= 15 is 0 Å². The second kappa shape index (κ2) is 10.3. The topological polar surface area (TPSA) is 51.6 Å². The molecule has 0 saturated carbocycles. The van der Waals surface area contributed by atoms with Crippen LogP contribution in [-0.2, 0) is 0 Å². The number of hydrogen-bond donors (Lipinski definition) is 0. The minimum Gasteiger partial charge on any atom is -0.151 e. The van der Waals surface area contributed by atoms with E-state index in [1.807, 2.05) is 24.3 Å². The van der Waals surface area contributed by atoms with E-state index in [1.54, 1.807) is 0 Å². The Morgan fingerprint density at radius 2 is 0.854 bits per heavy atom. The first kappa shape index (κ1) is 25.2. The Balaban J connectivity index is 1.63. The summed E-state index contributed by atoms with van der Waals surface area (Å²) in [6.07, 6.45) is 0. The van der Waals surface area contributed by atoms with Gasteiger partial charge >= 0.3 is 0 Å². The Morgan fingerprint density at radius 1 is 0.463 bits per heavy atom. The summed E-state index contributed by atoms with van der Waals surface area (Å²) in [6, 6.07) is 44.6. The molecule has 0 unspecified atom stereocenters. The molecule has 198 valence electrons. The molecule has 41 heavy (non-hydrogen) atoms. The van der Waals surface area contributed by atoms with Gasteiger partial charge in [0.05, 0.1) is 22.4 Å². The summed E-state index contributed by atoms with van der Waals surface area (Å²) in [5, 5.41) is 24.2. The molecule has 0 atom stereocenters. The first-order valence-electron chi connectivity index (χ1n) is 14.3. The minimum atomic E-state index is -2.43. The predicted octanol–water partition coefficient (Wildman–Crippen LogP) is 8.68. The molecule has 3 heterocycles.